The monoisotopic (exact) mass is 669 g/mol. The summed E-state index contributed by atoms with van der Waals surface area (Å²) >= 11 is 8.92. The summed E-state index contributed by atoms with van der Waals surface area (Å²) in [6.07, 6.45) is 4.15. The first kappa shape index (κ1) is 31.1. The Hall–Kier alpha value is -2.87. The number of sulfonamides is 1. The van der Waals surface area contributed by atoms with Crippen LogP contribution in [-0.2, 0) is 19.6 Å². The topological polar surface area (TPSA) is 106 Å². The van der Waals surface area contributed by atoms with E-state index in [0.29, 0.717) is 47.9 Å². The summed E-state index contributed by atoms with van der Waals surface area (Å²) < 4.78 is 35.6. The van der Waals surface area contributed by atoms with Gasteiger partial charge in [0.25, 0.3) is 0 Å². The molecule has 1 aliphatic carbocycles. The lowest BCUT2D eigenvalue weighted by Gasteiger charge is -2.26. The molecule has 230 valence electrons. The maximum Gasteiger partial charge on any atom is 0.243 e. The van der Waals surface area contributed by atoms with Gasteiger partial charge in [-0.2, -0.15) is 4.31 Å². The van der Waals surface area contributed by atoms with E-state index < -0.39 is 10.0 Å². The molecule has 2 heterocycles. The van der Waals surface area contributed by atoms with E-state index in [0.717, 1.165) is 41.2 Å². The molecule has 0 bridgehead atoms. The van der Waals surface area contributed by atoms with E-state index >= 15 is 0 Å². The number of nitrogens with one attached hydrogen (secondary N) is 1. The zero-order chi connectivity index (χ0) is 30.5. The highest BCUT2D eigenvalue weighted by molar-refractivity contribution is 8.00. The van der Waals surface area contributed by atoms with Crippen LogP contribution in [0.1, 0.15) is 31.7 Å². The predicted octanol–water partition coefficient (Wildman–Crippen LogP) is 6.62. The fourth-order valence-corrected chi connectivity index (χ4v) is 8.69. The van der Waals surface area contributed by atoms with Gasteiger partial charge in [0.15, 0.2) is 11.0 Å². The number of halogens is 1. The van der Waals surface area contributed by atoms with E-state index in [1.54, 1.807) is 30.0 Å². The summed E-state index contributed by atoms with van der Waals surface area (Å²) in [7, 11) is -3.66. The highest BCUT2D eigenvalue weighted by Gasteiger charge is 2.29. The first-order valence-corrected chi connectivity index (χ1v) is 18.1. The molecule has 2 aliphatic rings. The average Bonchev–Trinajstić information content (AvgIpc) is 3.73. The van der Waals surface area contributed by atoms with Crippen molar-refractivity contribution >= 4 is 56.7 Å². The Labute approximate surface area is 270 Å². The second kappa shape index (κ2) is 14.1. The van der Waals surface area contributed by atoms with Crippen molar-refractivity contribution in [1.29, 1.82) is 0 Å². The first-order chi connectivity index (χ1) is 21.4. The van der Waals surface area contributed by atoms with E-state index in [2.05, 4.69) is 20.1 Å². The summed E-state index contributed by atoms with van der Waals surface area (Å²) in [5.41, 5.74) is 1.41. The zero-order valence-corrected chi connectivity index (χ0v) is 27.1. The second-order valence-corrected chi connectivity index (χ2v) is 15.0. The van der Waals surface area contributed by atoms with Gasteiger partial charge < -0.3 is 10.1 Å². The quantitative estimate of drug-likeness (QED) is 0.188. The molecule has 2 fully saturated rings. The molecule has 0 spiro atoms. The van der Waals surface area contributed by atoms with E-state index in [1.165, 1.54) is 16.1 Å². The zero-order valence-electron chi connectivity index (χ0n) is 23.9. The number of hydrogen-bond donors (Lipinski definition) is 1. The third-order valence-electron chi connectivity index (χ3n) is 7.59. The number of benzene rings is 3. The molecule has 13 heteroatoms. The largest absolute Gasteiger partial charge is 0.379 e. The molecule has 9 nitrogen and oxygen atoms in total. The van der Waals surface area contributed by atoms with Crippen molar-refractivity contribution in [2.24, 2.45) is 0 Å². The van der Waals surface area contributed by atoms with Gasteiger partial charge in [-0.3, -0.25) is 9.36 Å². The van der Waals surface area contributed by atoms with Crippen LogP contribution in [0, 0.1) is 0 Å². The van der Waals surface area contributed by atoms with Gasteiger partial charge >= 0.3 is 0 Å². The minimum absolute atomic E-state index is 0.149. The molecule has 3 aromatic carbocycles. The van der Waals surface area contributed by atoms with Crippen molar-refractivity contribution in [3.63, 3.8) is 0 Å². The standard InChI is InChI=1S/C31H32ClN5O4S3/c32-23-12-14-25(15-13-23)43-28-11-4-3-10-27(28)33-29(38)21-42-31-35-34-30(37(31)24-7-1-2-8-24)22-6-5-9-26(20-22)44(39,40)36-16-18-41-19-17-36/h3-6,9-15,20,24H,1-2,7-8,16-19,21H2,(H,33,38). The van der Waals surface area contributed by atoms with Gasteiger partial charge in [0.05, 0.1) is 29.5 Å². The van der Waals surface area contributed by atoms with Gasteiger partial charge in [-0.15, -0.1) is 10.2 Å². The number of para-hydroxylation sites is 1. The molecule has 1 aromatic heterocycles. The minimum Gasteiger partial charge on any atom is -0.379 e. The lowest BCUT2D eigenvalue weighted by molar-refractivity contribution is -0.113. The summed E-state index contributed by atoms with van der Waals surface area (Å²) in [6, 6.07) is 22.4. The van der Waals surface area contributed by atoms with Crippen molar-refractivity contribution < 1.29 is 17.9 Å². The number of anilines is 1. The third kappa shape index (κ3) is 7.16. The van der Waals surface area contributed by atoms with Crippen LogP contribution in [-0.4, -0.2) is 65.5 Å². The van der Waals surface area contributed by atoms with Crippen LogP contribution in [0.3, 0.4) is 0 Å². The Morgan fingerprint density at radius 2 is 1.73 bits per heavy atom. The fourth-order valence-electron chi connectivity index (χ4n) is 5.40. The van der Waals surface area contributed by atoms with E-state index in [1.807, 2.05) is 54.6 Å². The van der Waals surface area contributed by atoms with Crippen molar-refractivity contribution in [2.75, 3.05) is 37.4 Å². The number of nitrogens with zero attached hydrogens (tertiary/aromatic N) is 4. The van der Waals surface area contributed by atoms with Crippen molar-refractivity contribution in [1.82, 2.24) is 19.1 Å². The van der Waals surface area contributed by atoms with E-state index in [-0.39, 0.29) is 22.6 Å². The van der Waals surface area contributed by atoms with E-state index in [9.17, 15) is 13.2 Å². The molecule has 1 aliphatic heterocycles. The Bertz CT molecular complexity index is 1720. The molecule has 1 N–H and O–H groups in total. The van der Waals surface area contributed by atoms with Gasteiger partial charge in [-0.1, -0.05) is 72.2 Å². The molecule has 1 saturated carbocycles. The summed E-state index contributed by atoms with van der Waals surface area (Å²) in [4.78, 5) is 15.3. The number of carbonyl (C=O) groups is 1. The first-order valence-electron chi connectivity index (χ1n) is 14.5. The number of thioether (sulfide) groups is 1. The van der Waals surface area contributed by atoms with Crippen molar-refractivity contribution in [3.8, 4) is 11.4 Å². The Morgan fingerprint density at radius 1 is 0.977 bits per heavy atom. The Kier molecular flexibility index (Phi) is 9.94. The molecule has 0 radical (unpaired) electrons. The average molecular weight is 670 g/mol. The van der Waals surface area contributed by atoms with Gasteiger partial charge in [-0.05, 0) is 61.4 Å². The number of morpholine rings is 1. The Balaban J connectivity index is 1.20. The summed E-state index contributed by atoms with van der Waals surface area (Å²) in [5, 5.41) is 13.4. The SMILES string of the molecule is O=C(CSc1nnc(-c2cccc(S(=O)(=O)N3CCOCC3)c2)n1C1CCCC1)Nc1ccccc1Sc1ccc(Cl)cc1. The fraction of sp³-hybridized carbons (Fsp3) is 0.323. The van der Waals surface area contributed by atoms with Crippen LogP contribution in [0.2, 0.25) is 5.02 Å². The van der Waals surface area contributed by atoms with Crippen molar-refractivity contribution in [2.45, 2.75) is 51.6 Å². The van der Waals surface area contributed by atoms with E-state index in [4.69, 9.17) is 16.3 Å². The maximum atomic E-state index is 13.4. The van der Waals surface area contributed by atoms with Crippen LogP contribution < -0.4 is 5.32 Å². The lowest BCUT2D eigenvalue weighted by Crippen LogP contribution is -2.40. The number of carbonyl (C=O) groups excluding carboxylic acids is 1. The molecule has 0 atom stereocenters. The van der Waals surface area contributed by atoms with Gasteiger partial charge in [0, 0.05) is 39.5 Å². The molecule has 1 saturated heterocycles. The van der Waals surface area contributed by atoms with Crippen LogP contribution in [0.25, 0.3) is 11.4 Å². The molecule has 44 heavy (non-hydrogen) atoms. The molecule has 6 rings (SSSR count). The number of amides is 1. The lowest BCUT2D eigenvalue weighted by atomic mass is 10.2. The van der Waals surface area contributed by atoms with Crippen LogP contribution >= 0.6 is 35.1 Å². The van der Waals surface area contributed by atoms with Gasteiger partial charge in [0.1, 0.15) is 0 Å². The second-order valence-electron chi connectivity index (χ2n) is 10.5. The normalized spacial score (nSPS) is 16.3. The van der Waals surface area contributed by atoms with Gasteiger partial charge in [0.2, 0.25) is 15.9 Å². The highest BCUT2D eigenvalue weighted by Crippen LogP contribution is 2.38. The van der Waals surface area contributed by atoms with Crippen LogP contribution in [0.4, 0.5) is 5.69 Å². The predicted molar refractivity (Wildman–Crippen MR) is 174 cm³/mol. The number of aromatic nitrogens is 3. The molecular formula is C31H32ClN5O4S3. The summed E-state index contributed by atoms with van der Waals surface area (Å²) in [5.74, 6) is 0.611. The van der Waals surface area contributed by atoms with Crippen LogP contribution in [0.15, 0.2) is 92.6 Å². The molecular weight excluding hydrogens is 638 g/mol. The van der Waals surface area contributed by atoms with Crippen LogP contribution in [0.5, 0.6) is 0 Å². The van der Waals surface area contributed by atoms with Gasteiger partial charge in [-0.25, -0.2) is 8.42 Å². The van der Waals surface area contributed by atoms with Crippen molar-refractivity contribution in [3.05, 3.63) is 77.8 Å². The maximum absolute atomic E-state index is 13.4. The minimum atomic E-state index is -3.66. The Morgan fingerprint density at radius 3 is 2.50 bits per heavy atom. The highest BCUT2D eigenvalue weighted by atomic mass is 35.5. The molecule has 4 aromatic rings. The number of hydrogen-bond acceptors (Lipinski definition) is 8. The molecule has 0 unspecified atom stereocenters. The number of ether oxygens (including phenoxy) is 1. The third-order valence-corrected chi connectivity index (χ3v) is 11.8. The number of rotatable bonds is 10. The smallest absolute Gasteiger partial charge is 0.243 e. The summed E-state index contributed by atoms with van der Waals surface area (Å²) in [6.45, 7) is 1.43. The molecule has 1 amide bonds.